The zero-order valence-corrected chi connectivity index (χ0v) is 24.0. The van der Waals surface area contributed by atoms with E-state index in [4.69, 9.17) is 25.8 Å². The molecule has 1 heterocycles. The lowest BCUT2D eigenvalue weighted by Gasteiger charge is -2.16. The highest BCUT2D eigenvalue weighted by Gasteiger charge is 2.17. The van der Waals surface area contributed by atoms with Gasteiger partial charge in [-0.1, -0.05) is 43.4 Å². The molecule has 1 amide bonds. The van der Waals surface area contributed by atoms with Gasteiger partial charge in [-0.3, -0.25) is 4.79 Å². The van der Waals surface area contributed by atoms with Gasteiger partial charge < -0.3 is 24.4 Å². The molecule has 2 aromatic carbocycles. The zero-order chi connectivity index (χ0) is 27.0. The number of rotatable bonds is 12. The number of nitrogens with zero attached hydrogens (tertiary/aromatic N) is 3. The third-order valence-electron chi connectivity index (χ3n) is 5.33. The van der Waals surface area contributed by atoms with E-state index in [9.17, 15) is 4.79 Å². The van der Waals surface area contributed by atoms with Crippen molar-refractivity contribution in [2.75, 3.05) is 39.9 Å². The number of nitrogens with one attached hydrogen (secondary N) is 1. The average molecular weight is 543 g/mol. The van der Waals surface area contributed by atoms with Gasteiger partial charge in [0.25, 0.3) is 5.91 Å². The highest BCUT2D eigenvalue weighted by Crippen LogP contribution is 2.31. The quantitative estimate of drug-likeness (QED) is 0.0981. The molecule has 0 unspecified atom stereocenters. The summed E-state index contributed by atoms with van der Waals surface area (Å²) in [7, 11) is 4.12. The summed E-state index contributed by atoms with van der Waals surface area (Å²) in [5.41, 5.74) is 2.70. The Morgan fingerprint density at radius 2 is 1.81 bits per heavy atom. The number of hydrogen-bond donors (Lipinski definition) is 1. The van der Waals surface area contributed by atoms with Crippen molar-refractivity contribution in [2.45, 2.75) is 25.7 Å². The minimum atomic E-state index is -1.15. The Labute approximate surface area is 224 Å². The summed E-state index contributed by atoms with van der Waals surface area (Å²) < 4.78 is 18.4. The predicted octanol–water partition coefficient (Wildman–Crippen LogP) is 6.11. The summed E-state index contributed by atoms with van der Waals surface area (Å²) in [6, 6.07) is 15.5. The summed E-state index contributed by atoms with van der Waals surface area (Å²) in [5.74, 6) is 0.716. The normalized spacial score (nSPS) is 11.5. The number of ether oxygens (including phenoxy) is 3. The lowest BCUT2D eigenvalue weighted by atomic mass is 10.1. The lowest BCUT2D eigenvalue weighted by Crippen LogP contribution is -2.22. The van der Waals surface area contributed by atoms with Crippen molar-refractivity contribution in [1.29, 1.82) is 0 Å². The van der Waals surface area contributed by atoms with Gasteiger partial charge in [-0.05, 0) is 41.9 Å². The Hall–Kier alpha value is -3.27. The number of hydrogen-bond acceptors (Lipinski definition) is 5. The Kier molecular flexibility index (Phi) is 9.79. The van der Waals surface area contributed by atoms with Crippen LogP contribution in [0.4, 0.5) is 5.69 Å². The van der Waals surface area contributed by atoms with Crippen molar-refractivity contribution >= 4 is 37.6 Å². The van der Waals surface area contributed by atoms with Gasteiger partial charge in [0.15, 0.2) is 18.3 Å². The molecule has 0 radical (unpaired) electrons. The molecule has 1 N–H and O–H groups in total. The first kappa shape index (κ1) is 28.3. The molecule has 0 fully saturated rings. The van der Waals surface area contributed by atoms with Crippen LogP contribution in [0.3, 0.4) is 0 Å². The van der Waals surface area contributed by atoms with E-state index in [-0.39, 0.29) is 12.7 Å². The minimum absolute atomic E-state index is 0.136. The van der Waals surface area contributed by atoms with E-state index in [1.54, 1.807) is 53.5 Å². The topological polar surface area (TPSA) is 77.3 Å². The number of methoxy groups -OCH3 is 1. The Morgan fingerprint density at radius 3 is 2.46 bits per heavy atom. The van der Waals surface area contributed by atoms with Crippen LogP contribution in [-0.2, 0) is 4.74 Å². The van der Waals surface area contributed by atoms with Gasteiger partial charge in [0.05, 0.1) is 7.11 Å². The molecule has 37 heavy (non-hydrogen) atoms. The summed E-state index contributed by atoms with van der Waals surface area (Å²) >= 11 is 6.03. The SMILES string of the molecule is COc1cc(NC(=O)c2cc(-c3ccc(Cl)cc3)cn2/N=C/N(C)C)ccc1OCOCC[Si](C)(C)C. The third-order valence-corrected chi connectivity index (χ3v) is 7.29. The number of aromatic nitrogens is 1. The largest absolute Gasteiger partial charge is 0.493 e. The Balaban J connectivity index is 1.74. The van der Waals surface area contributed by atoms with Gasteiger partial charge >= 0.3 is 0 Å². The molecule has 10 heteroatoms. The second kappa shape index (κ2) is 12.8. The van der Waals surface area contributed by atoms with E-state index >= 15 is 0 Å². The van der Waals surface area contributed by atoms with E-state index in [0.717, 1.165) is 17.2 Å². The van der Waals surface area contributed by atoms with Crippen LogP contribution in [0.25, 0.3) is 11.1 Å². The van der Waals surface area contributed by atoms with E-state index in [0.29, 0.717) is 34.5 Å². The minimum Gasteiger partial charge on any atom is -0.493 e. The highest BCUT2D eigenvalue weighted by atomic mass is 35.5. The van der Waals surface area contributed by atoms with Gasteiger partial charge in [-0.25, -0.2) is 4.68 Å². The van der Waals surface area contributed by atoms with E-state index in [1.807, 2.05) is 38.4 Å². The molecular formula is C27H35ClN4O4Si. The molecular weight excluding hydrogens is 508 g/mol. The molecule has 0 saturated heterocycles. The first-order valence-corrected chi connectivity index (χ1v) is 16.0. The fourth-order valence-electron chi connectivity index (χ4n) is 3.28. The van der Waals surface area contributed by atoms with Crippen LogP contribution in [0.5, 0.6) is 11.5 Å². The predicted molar refractivity (Wildman–Crippen MR) is 153 cm³/mol. The Morgan fingerprint density at radius 1 is 1.08 bits per heavy atom. The van der Waals surface area contributed by atoms with Crippen LogP contribution in [0, 0.1) is 0 Å². The van der Waals surface area contributed by atoms with Crippen molar-refractivity contribution in [1.82, 2.24) is 9.58 Å². The highest BCUT2D eigenvalue weighted by molar-refractivity contribution is 6.76. The van der Waals surface area contributed by atoms with Crippen LogP contribution in [0.1, 0.15) is 10.5 Å². The van der Waals surface area contributed by atoms with Crippen LogP contribution < -0.4 is 14.8 Å². The van der Waals surface area contributed by atoms with Gasteiger partial charge in [-0.15, -0.1) is 0 Å². The van der Waals surface area contributed by atoms with E-state index < -0.39 is 8.07 Å². The van der Waals surface area contributed by atoms with E-state index in [2.05, 4.69) is 30.1 Å². The maximum atomic E-state index is 13.3. The monoisotopic (exact) mass is 542 g/mol. The summed E-state index contributed by atoms with van der Waals surface area (Å²) in [5, 5.41) is 7.99. The number of carbonyl (C=O) groups is 1. The Bertz CT molecular complexity index is 1220. The third kappa shape index (κ3) is 8.66. The maximum absolute atomic E-state index is 13.3. The van der Waals surface area contributed by atoms with Crippen molar-refractivity contribution in [3.63, 3.8) is 0 Å². The molecule has 0 saturated carbocycles. The average Bonchev–Trinajstić information content (AvgIpc) is 3.27. The summed E-state index contributed by atoms with van der Waals surface area (Å²) in [6.07, 6.45) is 3.43. The zero-order valence-electron chi connectivity index (χ0n) is 22.2. The second-order valence-electron chi connectivity index (χ2n) is 9.96. The van der Waals surface area contributed by atoms with Gasteiger partial charge in [0.2, 0.25) is 0 Å². The molecule has 0 aliphatic carbocycles. The standard InChI is InChI=1S/C27H35ClN4O4Si/c1-31(2)18-29-32-17-21(20-7-9-22(28)10-8-20)15-24(32)27(33)30-23-11-12-25(26(16-23)34-3)36-19-35-13-14-37(4,5)6/h7-12,15-18H,13-14,19H2,1-6H3,(H,30,33)/b29-18+. The van der Waals surface area contributed by atoms with Crippen LogP contribution in [0.2, 0.25) is 30.7 Å². The number of halogens is 1. The molecule has 0 aliphatic rings. The van der Waals surface area contributed by atoms with E-state index in [1.165, 1.54) is 0 Å². The molecule has 0 spiro atoms. The number of amides is 1. The number of carbonyl (C=O) groups excluding carboxylic acids is 1. The van der Waals surface area contributed by atoms with Gasteiger partial charge in [0.1, 0.15) is 12.0 Å². The first-order chi connectivity index (χ1) is 17.6. The molecule has 8 nitrogen and oxygen atoms in total. The fourth-order valence-corrected chi connectivity index (χ4v) is 4.16. The lowest BCUT2D eigenvalue weighted by molar-refractivity contribution is 0.0205. The van der Waals surface area contributed by atoms with Crippen molar-refractivity contribution < 1.29 is 19.0 Å². The first-order valence-electron chi connectivity index (χ1n) is 11.9. The van der Waals surface area contributed by atoms with Crippen molar-refractivity contribution in [3.8, 4) is 22.6 Å². The van der Waals surface area contributed by atoms with Crippen LogP contribution >= 0.6 is 11.6 Å². The number of anilines is 1. The number of benzene rings is 2. The smallest absolute Gasteiger partial charge is 0.274 e. The fraction of sp³-hybridized carbons (Fsp3) is 0.333. The summed E-state index contributed by atoms with van der Waals surface area (Å²) in [6.45, 7) is 7.71. The molecule has 0 aliphatic heterocycles. The van der Waals surface area contributed by atoms with Crippen molar-refractivity contribution in [2.24, 2.45) is 5.10 Å². The van der Waals surface area contributed by atoms with Crippen LogP contribution in [-0.4, -0.2) is 64.5 Å². The second-order valence-corrected chi connectivity index (χ2v) is 16.0. The summed E-state index contributed by atoms with van der Waals surface area (Å²) in [4.78, 5) is 15.1. The molecule has 0 atom stereocenters. The van der Waals surface area contributed by atoms with Crippen LogP contribution in [0.15, 0.2) is 59.8 Å². The molecule has 198 valence electrons. The maximum Gasteiger partial charge on any atom is 0.274 e. The van der Waals surface area contributed by atoms with Gasteiger partial charge in [0, 0.05) is 57.3 Å². The molecule has 0 bridgehead atoms. The van der Waals surface area contributed by atoms with Crippen molar-refractivity contribution in [3.05, 3.63) is 65.4 Å². The molecule has 1 aromatic heterocycles. The molecule has 3 rings (SSSR count). The van der Waals surface area contributed by atoms with Gasteiger partial charge in [-0.2, -0.15) is 5.10 Å². The molecule has 3 aromatic rings.